The van der Waals surface area contributed by atoms with Gasteiger partial charge in [-0.3, -0.25) is 0 Å². The van der Waals surface area contributed by atoms with Gasteiger partial charge in [0.15, 0.2) is 10.7 Å². The number of fused-ring (bicyclic) bond motifs is 1. The largest absolute Gasteiger partial charge is 0.236 e. The zero-order chi connectivity index (χ0) is 13.2. The summed E-state index contributed by atoms with van der Waals surface area (Å²) >= 11 is 1.39. The Balaban J connectivity index is 1.98. The highest BCUT2D eigenvalue weighted by atomic mass is 32.1. The van der Waals surface area contributed by atoms with Crippen LogP contribution in [0.3, 0.4) is 0 Å². The number of hydrogen-bond donors (Lipinski definition) is 0. The average molecular weight is 272 g/mol. The number of benzene rings is 1. The van der Waals surface area contributed by atoms with Gasteiger partial charge in [-0.25, -0.2) is 18.7 Å². The molecule has 0 bridgehead atoms. The number of halogens is 2. The highest BCUT2D eigenvalue weighted by molar-refractivity contribution is 7.19. The summed E-state index contributed by atoms with van der Waals surface area (Å²) in [5.41, 5.74) is 0.909. The topological polar surface area (TPSA) is 25.8 Å². The number of thiazole rings is 1. The van der Waals surface area contributed by atoms with Crippen LogP contribution < -0.4 is 0 Å². The Hall–Kier alpha value is -2.32. The summed E-state index contributed by atoms with van der Waals surface area (Å²) in [6.07, 6.45) is 1.65. The fraction of sp³-hybridized carbons (Fsp3) is 0. The Labute approximate surface area is 111 Å². The maximum absolute atomic E-state index is 13.0. The molecule has 2 nitrogen and oxygen atoms in total. The van der Waals surface area contributed by atoms with Gasteiger partial charge in [-0.2, -0.15) is 0 Å². The predicted molar refractivity (Wildman–Crippen MR) is 69.8 cm³/mol. The van der Waals surface area contributed by atoms with Crippen LogP contribution in [0.5, 0.6) is 0 Å². The zero-order valence-electron chi connectivity index (χ0n) is 9.52. The van der Waals surface area contributed by atoms with Crippen LogP contribution in [0.1, 0.15) is 10.6 Å². The minimum absolute atomic E-state index is 0.282. The summed E-state index contributed by atoms with van der Waals surface area (Å²) in [5, 5.41) is 0.568. The molecule has 0 atom stereocenters. The Morgan fingerprint density at radius 2 is 1.84 bits per heavy atom. The molecule has 0 spiro atoms. The number of pyridine rings is 1. The van der Waals surface area contributed by atoms with Crippen LogP contribution in [0, 0.1) is 23.5 Å². The van der Waals surface area contributed by atoms with Gasteiger partial charge in [0.25, 0.3) is 0 Å². The van der Waals surface area contributed by atoms with Crippen molar-refractivity contribution in [3.8, 4) is 11.8 Å². The molecule has 0 fully saturated rings. The normalized spacial score (nSPS) is 10.2. The van der Waals surface area contributed by atoms with Gasteiger partial charge >= 0.3 is 0 Å². The minimum atomic E-state index is -0.643. The lowest BCUT2D eigenvalue weighted by molar-refractivity contribution is 0.582. The minimum Gasteiger partial charge on any atom is -0.236 e. The number of rotatable bonds is 0. The van der Waals surface area contributed by atoms with E-state index in [2.05, 4.69) is 21.8 Å². The third-order valence-corrected chi connectivity index (χ3v) is 3.27. The van der Waals surface area contributed by atoms with E-state index in [9.17, 15) is 8.78 Å². The Morgan fingerprint density at radius 3 is 2.58 bits per heavy atom. The van der Waals surface area contributed by atoms with Crippen LogP contribution in [0.25, 0.3) is 10.3 Å². The summed E-state index contributed by atoms with van der Waals surface area (Å²) in [6.45, 7) is 0. The lowest BCUT2D eigenvalue weighted by Gasteiger charge is -1.91. The van der Waals surface area contributed by atoms with E-state index in [4.69, 9.17) is 0 Å². The van der Waals surface area contributed by atoms with Crippen molar-refractivity contribution in [3.63, 3.8) is 0 Å². The molecule has 5 heteroatoms. The molecule has 0 aliphatic heterocycles. The molecule has 0 amide bonds. The molecule has 0 aliphatic carbocycles. The number of nitrogens with zero attached hydrogens (tertiary/aromatic N) is 2. The van der Waals surface area contributed by atoms with Crippen molar-refractivity contribution in [1.29, 1.82) is 0 Å². The molecule has 0 N–H and O–H groups in total. The number of hydrogen-bond acceptors (Lipinski definition) is 3. The average Bonchev–Trinajstić information content (AvgIpc) is 2.78. The smallest absolute Gasteiger partial charge is 0.171 e. The van der Waals surface area contributed by atoms with E-state index >= 15 is 0 Å². The quantitative estimate of drug-likeness (QED) is 0.586. The fourth-order valence-corrected chi connectivity index (χ4v) is 2.35. The van der Waals surface area contributed by atoms with Gasteiger partial charge in [0.2, 0.25) is 0 Å². The second-order valence-electron chi connectivity index (χ2n) is 3.75. The summed E-state index contributed by atoms with van der Waals surface area (Å²) in [7, 11) is 0. The summed E-state index contributed by atoms with van der Waals surface area (Å²) < 4.78 is 26.9. The van der Waals surface area contributed by atoms with Crippen LogP contribution in [-0.2, 0) is 0 Å². The van der Waals surface area contributed by atoms with E-state index in [1.807, 2.05) is 12.1 Å². The molecule has 1 aromatic carbocycles. The van der Waals surface area contributed by atoms with Crippen molar-refractivity contribution in [3.05, 3.63) is 58.7 Å². The van der Waals surface area contributed by atoms with E-state index in [1.54, 1.807) is 6.20 Å². The molecule has 3 aromatic rings. The van der Waals surface area contributed by atoms with Crippen LogP contribution in [0.15, 0.2) is 36.5 Å². The van der Waals surface area contributed by atoms with E-state index in [0.29, 0.717) is 10.7 Å². The Morgan fingerprint density at radius 1 is 1.05 bits per heavy atom. The highest BCUT2D eigenvalue weighted by Crippen LogP contribution is 2.18. The molecular formula is C14H6F2N2S. The first-order valence-corrected chi connectivity index (χ1v) is 6.22. The van der Waals surface area contributed by atoms with Gasteiger partial charge in [-0.05, 0) is 30.2 Å². The molecule has 0 unspecified atom stereocenters. The van der Waals surface area contributed by atoms with Crippen LogP contribution in [-0.4, -0.2) is 9.97 Å². The van der Waals surface area contributed by atoms with Gasteiger partial charge in [-0.1, -0.05) is 5.92 Å². The molecule has 0 saturated heterocycles. The third kappa shape index (κ3) is 2.59. The van der Waals surface area contributed by atoms with Crippen molar-refractivity contribution in [2.45, 2.75) is 0 Å². The third-order valence-electron chi connectivity index (χ3n) is 2.34. The highest BCUT2D eigenvalue weighted by Gasteiger charge is 2.01. The molecule has 0 saturated carbocycles. The summed E-state index contributed by atoms with van der Waals surface area (Å²) in [4.78, 5) is 8.32. The maximum Gasteiger partial charge on any atom is 0.171 e. The summed E-state index contributed by atoms with van der Waals surface area (Å²) in [5.74, 6) is 4.20. The summed E-state index contributed by atoms with van der Waals surface area (Å²) in [6, 6.07) is 6.89. The monoisotopic (exact) mass is 272 g/mol. The SMILES string of the molecule is Fc1cc(F)cc(C#Cc2nc3ncccc3s2)c1. The standard InChI is InChI=1S/C14H6F2N2S/c15-10-6-9(7-11(16)8-10)3-4-13-18-14-12(19-13)2-1-5-17-14/h1-2,5-8H. The van der Waals surface area contributed by atoms with Crippen LogP contribution in [0.4, 0.5) is 8.78 Å². The first kappa shape index (κ1) is 11.8. The molecule has 19 heavy (non-hydrogen) atoms. The molecule has 2 aromatic heterocycles. The molecule has 0 radical (unpaired) electrons. The second kappa shape index (κ2) is 4.75. The number of aromatic nitrogens is 2. The van der Waals surface area contributed by atoms with Gasteiger partial charge in [0.05, 0.1) is 4.70 Å². The Kier molecular flexibility index (Phi) is 2.94. The molecular weight excluding hydrogens is 266 g/mol. The van der Waals surface area contributed by atoms with E-state index in [1.165, 1.54) is 23.5 Å². The van der Waals surface area contributed by atoms with Crippen molar-refractivity contribution < 1.29 is 8.78 Å². The second-order valence-corrected chi connectivity index (χ2v) is 4.78. The van der Waals surface area contributed by atoms with Crippen molar-refractivity contribution >= 4 is 21.7 Å². The maximum atomic E-state index is 13.0. The fourth-order valence-electron chi connectivity index (χ4n) is 1.57. The van der Waals surface area contributed by atoms with E-state index in [-0.39, 0.29) is 5.56 Å². The lowest BCUT2D eigenvalue weighted by Crippen LogP contribution is -1.83. The molecule has 0 aliphatic rings. The van der Waals surface area contributed by atoms with Gasteiger partial charge < -0.3 is 0 Å². The van der Waals surface area contributed by atoms with Crippen LogP contribution >= 0.6 is 11.3 Å². The van der Waals surface area contributed by atoms with Gasteiger partial charge in [0, 0.05) is 17.8 Å². The van der Waals surface area contributed by atoms with Crippen molar-refractivity contribution in [2.24, 2.45) is 0 Å². The lowest BCUT2D eigenvalue weighted by atomic mass is 10.2. The molecule has 3 rings (SSSR count). The van der Waals surface area contributed by atoms with E-state index < -0.39 is 11.6 Å². The first-order chi connectivity index (χ1) is 9.20. The predicted octanol–water partition coefficient (Wildman–Crippen LogP) is 3.37. The van der Waals surface area contributed by atoms with Gasteiger partial charge in [0.1, 0.15) is 11.6 Å². The van der Waals surface area contributed by atoms with Crippen molar-refractivity contribution in [2.75, 3.05) is 0 Å². The Bertz CT molecular complexity index is 762. The zero-order valence-corrected chi connectivity index (χ0v) is 10.3. The first-order valence-electron chi connectivity index (χ1n) is 5.40. The van der Waals surface area contributed by atoms with Crippen LogP contribution in [0.2, 0.25) is 0 Å². The molecule has 92 valence electrons. The van der Waals surface area contributed by atoms with Gasteiger partial charge in [-0.15, -0.1) is 11.3 Å². The van der Waals surface area contributed by atoms with E-state index in [0.717, 1.165) is 10.8 Å². The molecule has 2 heterocycles. The van der Waals surface area contributed by atoms with Crippen molar-refractivity contribution in [1.82, 2.24) is 9.97 Å².